The van der Waals surface area contributed by atoms with Gasteiger partial charge in [0.2, 0.25) is 12.2 Å². The average molecular weight is 541 g/mol. The molecule has 2 amide bonds. The molecular weight excluding hydrogens is 500 g/mol. The zero-order chi connectivity index (χ0) is 27.9. The SMILES string of the molecule is CCO[C@@H]1OC(C(=O)NCCCN2CCCC2=O)=C[C@H](c2c(C)n(C)n(-c3ccccc3)c2=O)[C@H]1CCCO. The molecule has 0 saturated carbocycles. The number of hydrogen-bond acceptors (Lipinski definition) is 6. The number of benzene rings is 1. The number of aliphatic hydroxyl groups excluding tert-OH is 1. The minimum atomic E-state index is -0.747. The largest absolute Gasteiger partial charge is 0.459 e. The first kappa shape index (κ1) is 28.6. The highest BCUT2D eigenvalue weighted by Crippen LogP contribution is 2.39. The monoisotopic (exact) mass is 540 g/mol. The van der Waals surface area contributed by atoms with E-state index in [1.54, 1.807) is 10.8 Å². The van der Waals surface area contributed by atoms with Gasteiger partial charge in [0, 0.05) is 69.4 Å². The van der Waals surface area contributed by atoms with Crippen LogP contribution in [0.15, 0.2) is 47.0 Å². The lowest BCUT2D eigenvalue weighted by Gasteiger charge is -2.36. The topological polar surface area (TPSA) is 115 Å². The maximum absolute atomic E-state index is 13.9. The second-order valence-corrected chi connectivity index (χ2v) is 10.1. The molecule has 1 aromatic carbocycles. The molecule has 2 aliphatic rings. The number of rotatable bonds is 12. The highest BCUT2D eigenvalue weighted by molar-refractivity contribution is 5.91. The minimum absolute atomic E-state index is 0.000657. The molecule has 0 aliphatic carbocycles. The Morgan fingerprint density at radius 3 is 2.64 bits per heavy atom. The molecular formula is C29H40N4O6. The Hall–Kier alpha value is -3.37. The number of carbonyl (C=O) groups excluding carboxylic acids is 2. The standard InChI is InChI=1S/C29H40N4O6/c1-4-38-29-22(13-9-18-34)23(26-20(2)31(3)33(28(26)37)21-11-6-5-7-12-21)19-24(39-29)27(36)30-15-10-17-32-16-8-14-25(32)35/h5-7,11-12,19,22-23,29,34H,4,8-10,13-18H2,1-3H3,(H,30,36)/t22-,23+,29-/m1/s1. The van der Waals surface area contributed by atoms with E-state index in [9.17, 15) is 19.5 Å². The van der Waals surface area contributed by atoms with Gasteiger partial charge in [0.1, 0.15) is 0 Å². The van der Waals surface area contributed by atoms with E-state index in [1.165, 1.54) is 0 Å². The van der Waals surface area contributed by atoms with Gasteiger partial charge in [-0.1, -0.05) is 18.2 Å². The molecule has 10 heteroatoms. The van der Waals surface area contributed by atoms with Gasteiger partial charge >= 0.3 is 0 Å². The number of para-hydroxylation sites is 1. The number of hydrogen-bond donors (Lipinski definition) is 2. The number of nitrogens with zero attached hydrogens (tertiary/aromatic N) is 3. The van der Waals surface area contributed by atoms with Crippen molar-refractivity contribution in [3.8, 4) is 5.69 Å². The molecule has 0 radical (unpaired) electrons. The van der Waals surface area contributed by atoms with Gasteiger partial charge in [-0.05, 0) is 57.7 Å². The van der Waals surface area contributed by atoms with Crippen molar-refractivity contribution in [1.82, 2.24) is 19.6 Å². The van der Waals surface area contributed by atoms with Gasteiger partial charge < -0.3 is 24.8 Å². The van der Waals surface area contributed by atoms with Crippen LogP contribution in [0.5, 0.6) is 0 Å². The number of aliphatic hydroxyl groups is 1. The lowest BCUT2D eigenvalue weighted by molar-refractivity contribution is -0.166. The Morgan fingerprint density at radius 2 is 1.97 bits per heavy atom. The zero-order valence-corrected chi connectivity index (χ0v) is 23.1. The third kappa shape index (κ3) is 6.28. The minimum Gasteiger partial charge on any atom is -0.459 e. The molecule has 1 fully saturated rings. The smallest absolute Gasteiger partial charge is 0.286 e. The van der Waals surface area contributed by atoms with Crippen molar-refractivity contribution in [3.05, 3.63) is 63.8 Å². The predicted octanol–water partition coefficient (Wildman–Crippen LogP) is 2.36. The number of carbonyl (C=O) groups is 2. The summed E-state index contributed by atoms with van der Waals surface area (Å²) in [5, 5.41) is 12.5. The lowest BCUT2D eigenvalue weighted by Crippen LogP contribution is -2.40. The predicted molar refractivity (Wildman–Crippen MR) is 146 cm³/mol. The second kappa shape index (κ2) is 13.1. The van der Waals surface area contributed by atoms with Crippen LogP contribution >= 0.6 is 0 Å². The molecule has 39 heavy (non-hydrogen) atoms. The Kier molecular flexibility index (Phi) is 9.63. The Balaban J connectivity index is 1.63. The summed E-state index contributed by atoms with van der Waals surface area (Å²) >= 11 is 0. The fraction of sp³-hybridized carbons (Fsp3) is 0.552. The van der Waals surface area contributed by atoms with Crippen molar-refractivity contribution in [3.63, 3.8) is 0 Å². The fourth-order valence-electron chi connectivity index (χ4n) is 5.57. The summed E-state index contributed by atoms with van der Waals surface area (Å²) in [4.78, 5) is 40.8. The first-order valence-electron chi connectivity index (χ1n) is 13.9. The summed E-state index contributed by atoms with van der Waals surface area (Å²) in [6.07, 6.45) is 4.17. The van der Waals surface area contributed by atoms with Crippen LogP contribution in [0.2, 0.25) is 0 Å². The molecule has 212 valence electrons. The first-order valence-corrected chi connectivity index (χ1v) is 13.9. The van der Waals surface area contributed by atoms with E-state index in [0.29, 0.717) is 50.9 Å². The third-order valence-corrected chi connectivity index (χ3v) is 7.63. The Morgan fingerprint density at radius 1 is 1.21 bits per heavy atom. The average Bonchev–Trinajstić information content (AvgIpc) is 3.44. The van der Waals surface area contributed by atoms with Gasteiger partial charge in [-0.25, -0.2) is 4.68 Å². The molecule has 1 saturated heterocycles. The van der Waals surface area contributed by atoms with Crippen LogP contribution in [0.1, 0.15) is 56.2 Å². The zero-order valence-electron chi connectivity index (χ0n) is 23.1. The van der Waals surface area contributed by atoms with E-state index in [2.05, 4.69) is 5.32 Å². The lowest BCUT2D eigenvalue weighted by atomic mass is 9.80. The number of amides is 2. The van der Waals surface area contributed by atoms with E-state index in [0.717, 1.165) is 24.3 Å². The van der Waals surface area contributed by atoms with Gasteiger partial charge in [-0.2, -0.15) is 0 Å². The van der Waals surface area contributed by atoms with Crippen molar-refractivity contribution in [2.75, 3.05) is 32.8 Å². The highest BCUT2D eigenvalue weighted by Gasteiger charge is 2.40. The molecule has 0 bridgehead atoms. The van der Waals surface area contributed by atoms with Crippen LogP contribution in [0.3, 0.4) is 0 Å². The normalized spacial score (nSPS) is 21.1. The number of ether oxygens (including phenoxy) is 2. The first-order chi connectivity index (χ1) is 18.9. The number of nitrogens with one attached hydrogen (secondary N) is 1. The summed E-state index contributed by atoms with van der Waals surface area (Å²) in [7, 11) is 1.85. The highest BCUT2D eigenvalue weighted by atomic mass is 16.7. The second-order valence-electron chi connectivity index (χ2n) is 10.1. The van der Waals surface area contributed by atoms with E-state index in [-0.39, 0.29) is 35.7 Å². The molecule has 2 N–H and O–H groups in total. The maximum Gasteiger partial charge on any atom is 0.286 e. The molecule has 3 heterocycles. The van der Waals surface area contributed by atoms with Crippen molar-refractivity contribution in [2.24, 2.45) is 13.0 Å². The van der Waals surface area contributed by atoms with Gasteiger partial charge in [0.15, 0.2) is 5.76 Å². The quantitative estimate of drug-likeness (QED) is 0.400. The number of likely N-dealkylation sites (tertiary alicyclic amines) is 1. The summed E-state index contributed by atoms with van der Waals surface area (Å²) < 4.78 is 15.5. The van der Waals surface area contributed by atoms with Crippen molar-refractivity contribution >= 4 is 11.8 Å². The van der Waals surface area contributed by atoms with Crippen LogP contribution in [-0.4, -0.2) is 70.3 Å². The van der Waals surface area contributed by atoms with E-state index >= 15 is 0 Å². The van der Waals surface area contributed by atoms with Crippen molar-refractivity contribution in [1.29, 1.82) is 0 Å². The maximum atomic E-state index is 13.9. The van der Waals surface area contributed by atoms with Crippen LogP contribution in [0, 0.1) is 12.8 Å². The van der Waals surface area contributed by atoms with E-state index in [4.69, 9.17) is 9.47 Å². The molecule has 10 nitrogen and oxygen atoms in total. The summed E-state index contributed by atoms with van der Waals surface area (Å²) in [6.45, 7) is 5.90. The van der Waals surface area contributed by atoms with Gasteiger partial charge in [-0.15, -0.1) is 0 Å². The molecule has 2 aliphatic heterocycles. The van der Waals surface area contributed by atoms with Crippen LogP contribution in [0.25, 0.3) is 5.69 Å². The van der Waals surface area contributed by atoms with E-state index < -0.39 is 12.2 Å². The van der Waals surface area contributed by atoms with Gasteiger partial charge in [-0.3, -0.25) is 19.1 Å². The Labute approximate surface area is 229 Å². The molecule has 1 aromatic heterocycles. The number of allylic oxidation sites excluding steroid dienone is 1. The van der Waals surface area contributed by atoms with Gasteiger partial charge in [0.25, 0.3) is 11.5 Å². The third-order valence-electron chi connectivity index (χ3n) is 7.63. The summed E-state index contributed by atoms with van der Waals surface area (Å²) in [5.41, 5.74) is 1.95. The molecule has 2 aromatic rings. The van der Waals surface area contributed by atoms with Crippen LogP contribution in [-0.2, 0) is 26.1 Å². The van der Waals surface area contributed by atoms with Crippen LogP contribution in [0.4, 0.5) is 0 Å². The summed E-state index contributed by atoms with van der Waals surface area (Å²) in [6, 6.07) is 9.43. The van der Waals surface area contributed by atoms with E-state index in [1.807, 2.05) is 60.8 Å². The van der Waals surface area contributed by atoms with Crippen LogP contribution < -0.4 is 10.9 Å². The fourth-order valence-corrected chi connectivity index (χ4v) is 5.57. The van der Waals surface area contributed by atoms with Crippen molar-refractivity contribution in [2.45, 2.75) is 58.2 Å². The molecule has 4 rings (SSSR count). The Bertz CT molecular complexity index is 1230. The van der Waals surface area contributed by atoms with Gasteiger partial charge in [0.05, 0.1) is 5.69 Å². The summed E-state index contributed by atoms with van der Waals surface area (Å²) in [5.74, 6) is -0.823. The number of aromatic nitrogens is 2. The molecule has 3 atom stereocenters. The molecule has 0 unspecified atom stereocenters. The van der Waals surface area contributed by atoms with Crippen molar-refractivity contribution < 1.29 is 24.2 Å². The molecule has 0 spiro atoms.